The van der Waals surface area contributed by atoms with E-state index in [0.717, 1.165) is 16.7 Å². The minimum absolute atomic E-state index is 0.781. The van der Waals surface area contributed by atoms with Crippen LogP contribution in [-0.2, 0) is 13.6 Å². The molecule has 0 aliphatic rings. The number of hydrogen-bond donors (Lipinski definition) is 1. The SMILES string of the molecule is CNCc1nn(C)c(C)c1-c1cccc(Br)c1. The van der Waals surface area contributed by atoms with E-state index in [2.05, 4.69) is 51.5 Å². The Morgan fingerprint density at radius 2 is 2.18 bits per heavy atom. The molecule has 0 saturated heterocycles. The first kappa shape index (κ1) is 12.3. The Hall–Kier alpha value is -1.13. The van der Waals surface area contributed by atoms with E-state index in [0.29, 0.717) is 0 Å². The third kappa shape index (κ3) is 2.42. The highest BCUT2D eigenvalue weighted by molar-refractivity contribution is 9.10. The summed E-state index contributed by atoms with van der Waals surface area (Å²) in [6.07, 6.45) is 0. The number of rotatable bonds is 3. The molecule has 1 aromatic carbocycles. The van der Waals surface area contributed by atoms with Gasteiger partial charge in [0.25, 0.3) is 0 Å². The van der Waals surface area contributed by atoms with Gasteiger partial charge in [0, 0.05) is 29.3 Å². The maximum Gasteiger partial charge on any atom is 0.0843 e. The number of nitrogens with one attached hydrogen (secondary N) is 1. The first-order chi connectivity index (χ1) is 8.13. The summed E-state index contributed by atoms with van der Waals surface area (Å²) < 4.78 is 3.02. The summed E-state index contributed by atoms with van der Waals surface area (Å²) in [5.74, 6) is 0. The molecule has 4 heteroatoms. The van der Waals surface area contributed by atoms with E-state index in [1.807, 2.05) is 24.8 Å². The molecule has 0 bridgehead atoms. The van der Waals surface area contributed by atoms with Crippen LogP contribution in [0.25, 0.3) is 11.1 Å². The standard InChI is InChI=1S/C13H16BrN3/c1-9-13(10-5-4-6-11(14)7-10)12(8-15-2)16-17(9)3/h4-7,15H,8H2,1-3H3. The maximum atomic E-state index is 4.54. The molecule has 0 aliphatic heterocycles. The number of halogens is 1. The van der Waals surface area contributed by atoms with E-state index in [1.54, 1.807) is 0 Å². The highest BCUT2D eigenvalue weighted by Crippen LogP contribution is 2.28. The lowest BCUT2D eigenvalue weighted by Crippen LogP contribution is -2.07. The molecule has 17 heavy (non-hydrogen) atoms. The molecule has 2 aromatic rings. The van der Waals surface area contributed by atoms with Gasteiger partial charge in [-0.05, 0) is 31.7 Å². The third-order valence-electron chi connectivity index (χ3n) is 2.86. The largest absolute Gasteiger partial charge is 0.314 e. The van der Waals surface area contributed by atoms with Crippen molar-refractivity contribution >= 4 is 15.9 Å². The van der Waals surface area contributed by atoms with Gasteiger partial charge in [-0.1, -0.05) is 28.1 Å². The number of aromatic nitrogens is 2. The minimum Gasteiger partial charge on any atom is -0.314 e. The van der Waals surface area contributed by atoms with E-state index in [4.69, 9.17) is 0 Å². The monoisotopic (exact) mass is 293 g/mol. The van der Waals surface area contributed by atoms with Crippen LogP contribution in [0, 0.1) is 6.92 Å². The van der Waals surface area contributed by atoms with Crippen LogP contribution in [0.3, 0.4) is 0 Å². The fourth-order valence-electron chi connectivity index (χ4n) is 1.99. The van der Waals surface area contributed by atoms with Crippen LogP contribution in [0.15, 0.2) is 28.7 Å². The second-order valence-corrected chi connectivity index (χ2v) is 4.99. The van der Waals surface area contributed by atoms with Gasteiger partial charge >= 0.3 is 0 Å². The summed E-state index contributed by atoms with van der Waals surface area (Å²) in [6.45, 7) is 2.88. The quantitative estimate of drug-likeness (QED) is 0.943. The lowest BCUT2D eigenvalue weighted by atomic mass is 10.0. The van der Waals surface area contributed by atoms with E-state index in [-0.39, 0.29) is 0 Å². The van der Waals surface area contributed by atoms with Crippen molar-refractivity contribution in [2.24, 2.45) is 7.05 Å². The van der Waals surface area contributed by atoms with Crippen molar-refractivity contribution in [3.63, 3.8) is 0 Å². The topological polar surface area (TPSA) is 29.9 Å². The van der Waals surface area contributed by atoms with Crippen molar-refractivity contribution in [3.05, 3.63) is 40.1 Å². The van der Waals surface area contributed by atoms with Crippen LogP contribution in [0.4, 0.5) is 0 Å². The molecular weight excluding hydrogens is 278 g/mol. The molecule has 0 spiro atoms. The highest BCUT2D eigenvalue weighted by atomic mass is 79.9. The van der Waals surface area contributed by atoms with Crippen LogP contribution in [0.2, 0.25) is 0 Å². The lowest BCUT2D eigenvalue weighted by molar-refractivity contribution is 0.698. The number of benzene rings is 1. The average Bonchev–Trinajstić information content (AvgIpc) is 2.55. The van der Waals surface area contributed by atoms with Crippen molar-refractivity contribution in [1.29, 1.82) is 0 Å². The molecule has 1 N–H and O–H groups in total. The fraction of sp³-hybridized carbons (Fsp3) is 0.308. The van der Waals surface area contributed by atoms with Crippen LogP contribution < -0.4 is 5.32 Å². The summed E-state index contributed by atoms with van der Waals surface area (Å²) >= 11 is 3.51. The Morgan fingerprint density at radius 1 is 1.41 bits per heavy atom. The van der Waals surface area contributed by atoms with Gasteiger partial charge in [0.05, 0.1) is 5.69 Å². The Morgan fingerprint density at radius 3 is 2.82 bits per heavy atom. The van der Waals surface area contributed by atoms with Crippen molar-refractivity contribution in [2.45, 2.75) is 13.5 Å². The molecule has 0 saturated carbocycles. The molecular formula is C13H16BrN3. The Bertz CT molecular complexity index is 531. The van der Waals surface area contributed by atoms with E-state index >= 15 is 0 Å². The minimum atomic E-state index is 0.781. The smallest absolute Gasteiger partial charge is 0.0843 e. The summed E-state index contributed by atoms with van der Waals surface area (Å²) in [5, 5.41) is 7.71. The Balaban J connectivity index is 2.57. The zero-order valence-electron chi connectivity index (χ0n) is 10.3. The van der Waals surface area contributed by atoms with Crippen LogP contribution in [-0.4, -0.2) is 16.8 Å². The number of nitrogens with zero attached hydrogens (tertiary/aromatic N) is 2. The Kier molecular flexibility index (Phi) is 3.64. The molecule has 0 unspecified atom stereocenters. The van der Waals surface area contributed by atoms with Gasteiger partial charge in [0.1, 0.15) is 0 Å². The predicted octanol–water partition coefficient (Wildman–Crippen LogP) is 2.88. The van der Waals surface area contributed by atoms with E-state index < -0.39 is 0 Å². The predicted molar refractivity (Wildman–Crippen MR) is 73.8 cm³/mol. The van der Waals surface area contributed by atoms with E-state index in [1.165, 1.54) is 16.8 Å². The summed E-state index contributed by atoms with van der Waals surface area (Å²) in [7, 11) is 3.92. The maximum absolute atomic E-state index is 4.54. The number of aryl methyl sites for hydroxylation is 1. The molecule has 1 heterocycles. The number of hydrogen-bond acceptors (Lipinski definition) is 2. The molecule has 0 aliphatic carbocycles. The van der Waals surface area contributed by atoms with Crippen LogP contribution in [0.1, 0.15) is 11.4 Å². The van der Waals surface area contributed by atoms with Gasteiger partial charge in [-0.2, -0.15) is 5.10 Å². The summed E-state index contributed by atoms with van der Waals surface area (Å²) in [4.78, 5) is 0. The molecule has 0 atom stereocenters. The fourth-order valence-corrected chi connectivity index (χ4v) is 2.39. The van der Waals surface area contributed by atoms with Gasteiger partial charge in [0.15, 0.2) is 0 Å². The van der Waals surface area contributed by atoms with Gasteiger partial charge in [-0.25, -0.2) is 0 Å². The molecule has 0 amide bonds. The van der Waals surface area contributed by atoms with Crippen LogP contribution in [0.5, 0.6) is 0 Å². The second-order valence-electron chi connectivity index (χ2n) is 4.07. The highest BCUT2D eigenvalue weighted by Gasteiger charge is 2.14. The van der Waals surface area contributed by atoms with Gasteiger partial charge < -0.3 is 5.32 Å². The zero-order chi connectivity index (χ0) is 12.4. The molecule has 0 fully saturated rings. The van der Waals surface area contributed by atoms with Crippen molar-refractivity contribution in [3.8, 4) is 11.1 Å². The first-order valence-electron chi connectivity index (χ1n) is 5.56. The third-order valence-corrected chi connectivity index (χ3v) is 3.36. The van der Waals surface area contributed by atoms with Gasteiger partial charge in [0.2, 0.25) is 0 Å². The molecule has 1 aromatic heterocycles. The van der Waals surface area contributed by atoms with Gasteiger partial charge in [-0.3, -0.25) is 4.68 Å². The Labute approximate surface area is 110 Å². The summed E-state index contributed by atoms with van der Waals surface area (Å²) in [6, 6.07) is 8.33. The second kappa shape index (κ2) is 5.02. The molecule has 0 radical (unpaired) electrons. The van der Waals surface area contributed by atoms with E-state index in [9.17, 15) is 0 Å². The molecule has 2 rings (SSSR count). The van der Waals surface area contributed by atoms with Crippen molar-refractivity contribution in [2.75, 3.05) is 7.05 Å². The van der Waals surface area contributed by atoms with Crippen molar-refractivity contribution < 1.29 is 0 Å². The zero-order valence-corrected chi connectivity index (χ0v) is 11.9. The average molecular weight is 294 g/mol. The van der Waals surface area contributed by atoms with Crippen molar-refractivity contribution in [1.82, 2.24) is 15.1 Å². The lowest BCUT2D eigenvalue weighted by Gasteiger charge is -2.04. The van der Waals surface area contributed by atoms with Gasteiger partial charge in [-0.15, -0.1) is 0 Å². The van der Waals surface area contributed by atoms with Crippen LogP contribution >= 0.6 is 15.9 Å². The molecule has 3 nitrogen and oxygen atoms in total. The summed E-state index contributed by atoms with van der Waals surface area (Å²) in [5.41, 5.74) is 4.71. The normalized spacial score (nSPS) is 10.8. The first-order valence-corrected chi connectivity index (χ1v) is 6.35. The molecule has 90 valence electrons.